The second-order valence-electron chi connectivity index (χ2n) is 4.59. The van der Waals surface area contributed by atoms with E-state index in [1.165, 1.54) is 18.2 Å². The number of nitrogens with zero attached hydrogens (tertiary/aromatic N) is 4. The lowest BCUT2D eigenvalue weighted by Crippen LogP contribution is -2.04. The van der Waals surface area contributed by atoms with Crippen molar-refractivity contribution in [2.24, 2.45) is 5.10 Å². The van der Waals surface area contributed by atoms with E-state index < -0.39 is 4.92 Å². The van der Waals surface area contributed by atoms with Crippen LogP contribution in [0.25, 0.3) is 11.0 Å². The van der Waals surface area contributed by atoms with Crippen LogP contribution in [0.1, 0.15) is 5.82 Å². The molecule has 3 rings (SSSR count). The Bertz CT molecular complexity index is 921. The van der Waals surface area contributed by atoms with Crippen LogP contribution in [-0.4, -0.2) is 20.6 Å². The fourth-order valence-corrected chi connectivity index (χ4v) is 2.01. The van der Waals surface area contributed by atoms with Crippen LogP contribution in [0.4, 0.5) is 11.4 Å². The third kappa shape index (κ3) is 2.98. The van der Waals surface area contributed by atoms with Crippen molar-refractivity contribution in [1.82, 2.24) is 9.97 Å². The average Bonchev–Trinajstić information content (AvgIpc) is 2.99. The van der Waals surface area contributed by atoms with Crippen LogP contribution >= 0.6 is 0 Å². The Morgan fingerprint density at radius 3 is 2.87 bits per heavy atom. The molecule has 112 valence electrons. The standard InChI is InChI=1S/C15H10N6O2/c16-9-14(15-17-12-6-1-2-7-13(12)18-15)20-19-10-4-3-5-11(8-10)21(22)23/h1-8,19H,(H,17,18)/b20-14+. The molecule has 0 saturated heterocycles. The van der Waals surface area contributed by atoms with Gasteiger partial charge in [-0.2, -0.15) is 10.4 Å². The van der Waals surface area contributed by atoms with Crippen LogP contribution in [0.3, 0.4) is 0 Å². The first-order valence-electron chi connectivity index (χ1n) is 6.61. The number of para-hydroxylation sites is 2. The number of hydrogen-bond donors (Lipinski definition) is 2. The molecule has 0 amide bonds. The minimum absolute atomic E-state index is 0.0488. The van der Waals surface area contributed by atoms with Crippen molar-refractivity contribution in [3.8, 4) is 6.07 Å². The van der Waals surface area contributed by atoms with Crippen LogP contribution in [-0.2, 0) is 0 Å². The number of nitrogens with one attached hydrogen (secondary N) is 2. The van der Waals surface area contributed by atoms with E-state index in [1.54, 1.807) is 6.07 Å². The van der Waals surface area contributed by atoms with Crippen LogP contribution in [0.5, 0.6) is 0 Å². The summed E-state index contributed by atoms with van der Waals surface area (Å²) in [5.74, 6) is 0.326. The number of rotatable bonds is 4. The predicted molar refractivity (Wildman–Crippen MR) is 85.0 cm³/mol. The highest BCUT2D eigenvalue weighted by atomic mass is 16.6. The number of non-ortho nitro benzene ring substituents is 1. The van der Waals surface area contributed by atoms with Gasteiger partial charge in [0.15, 0.2) is 5.82 Å². The minimum Gasteiger partial charge on any atom is -0.336 e. The summed E-state index contributed by atoms with van der Waals surface area (Å²) >= 11 is 0. The largest absolute Gasteiger partial charge is 0.336 e. The zero-order chi connectivity index (χ0) is 16.2. The number of nitriles is 1. The summed E-state index contributed by atoms with van der Waals surface area (Å²) < 4.78 is 0. The number of hydrogen-bond acceptors (Lipinski definition) is 6. The number of H-pyrrole nitrogens is 1. The first kappa shape index (κ1) is 14.2. The van der Waals surface area contributed by atoms with Crippen LogP contribution in [0.15, 0.2) is 53.6 Å². The Kier molecular flexibility index (Phi) is 3.68. The highest BCUT2D eigenvalue weighted by molar-refractivity contribution is 6.10. The summed E-state index contributed by atoms with van der Waals surface area (Å²) in [7, 11) is 0. The van der Waals surface area contributed by atoms with Crippen molar-refractivity contribution in [3.63, 3.8) is 0 Å². The molecule has 0 spiro atoms. The fraction of sp³-hybridized carbons (Fsp3) is 0. The van der Waals surface area contributed by atoms with Crippen molar-refractivity contribution >= 4 is 28.1 Å². The van der Waals surface area contributed by atoms with Gasteiger partial charge >= 0.3 is 0 Å². The molecule has 0 aliphatic carbocycles. The zero-order valence-electron chi connectivity index (χ0n) is 11.7. The van der Waals surface area contributed by atoms with Crippen LogP contribution < -0.4 is 5.43 Å². The van der Waals surface area contributed by atoms with Gasteiger partial charge in [0.2, 0.25) is 5.71 Å². The van der Waals surface area contributed by atoms with Crippen molar-refractivity contribution in [3.05, 3.63) is 64.5 Å². The van der Waals surface area contributed by atoms with Crippen LogP contribution in [0, 0.1) is 21.4 Å². The van der Waals surface area contributed by atoms with Gasteiger partial charge in [0, 0.05) is 12.1 Å². The highest BCUT2D eigenvalue weighted by Crippen LogP contribution is 2.17. The van der Waals surface area contributed by atoms with Gasteiger partial charge in [0.1, 0.15) is 6.07 Å². The number of anilines is 1. The molecule has 0 atom stereocenters. The highest BCUT2D eigenvalue weighted by Gasteiger charge is 2.10. The van der Waals surface area contributed by atoms with E-state index in [-0.39, 0.29) is 11.4 Å². The number of imidazole rings is 1. The van der Waals surface area contributed by atoms with Gasteiger partial charge in [-0.1, -0.05) is 18.2 Å². The lowest BCUT2D eigenvalue weighted by Gasteiger charge is -2.00. The van der Waals surface area contributed by atoms with Crippen molar-refractivity contribution in [2.45, 2.75) is 0 Å². The Balaban J connectivity index is 1.89. The Morgan fingerprint density at radius 1 is 1.30 bits per heavy atom. The third-order valence-corrected chi connectivity index (χ3v) is 3.07. The lowest BCUT2D eigenvalue weighted by atomic mass is 10.3. The first-order valence-corrected chi connectivity index (χ1v) is 6.61. The van der Waals surface area contributed by atoms with E-state index in [0.717, 1.165) is 11.0 Å². The van der Waals surface area contributed by atoms with Crippen molar-refractivity contribution in [2.75, 3.05) is 5.43 Å². The normalized spacial score (nSPS) is 11.2. The molecule has 1 aromatic heterocycles. The summed E-state index contributed by atoms with van der Waals surface area (Å²) in [6.45, 7) is 0. The fourth-order valence-electron chi connectivity index (χ4n) is 2.01. The van der Waals surface area contributed by atoms with Crippen molar-refractivity contribution in [1.29, 1.82) is 5.26 Å². The molecule has 0 aliphatic heterocycles. The maximum Gasteiger partial charge on any atom is 0.271 e. The van der Waals surface area contributed by atoms with E-state index in [1.807, 2.05) is 30.3 Å². The Hall–Kier alpha value is -3.73. The molecule has 1 heterocycles. The first-order chi connectivity index (χ1) is 11.2. The maximum atomic E-state index is 10.7. The average molecular weight is 306 g/mol. The number of aromatic nitrogens is 2. The molecule has 8 nitrogen and oxygen atoms in total. The molecule has 0 bridgehead atoms. The van der Waals surface area contributed by atoms with E-state index in [9.17, 15) is 15.4 Å². The third-order valence-electron chi connectivity index (χ3n) is 3.07. The molecule has 2 aromatic carbocycles. The summed E-state index contributed by atoms with van der Waals surface area (Å²) in [6.07, 6.45) is 0. The molecule has 0 aliphatic rings. The van der Waals surface area contributed by atoms with Gasteiger partial charge in [-0.15, -0.1) is 0 Å². The van der Waals surface area contributed by atoms with Gasteiger partial charge in [0.05, 0.1) is 21.6 Å². The minimum atomic E-state index is -0.501. The van der Waals surface area contributed by atoms with Gasteiger partial charge in [0.25, 0.3) is 5.69 Å². The second kappa shape index (κ2) is 5.95. The quantitative estimate of drug-likeness (QED) is 0.436. The summed E-state index contributed by atoms with van der Waals surface area (Å²) in [5, 5.41) is 23.9. The molecule has 0 fully saturated rings. The number of nitro groups is 1. The van der Waals surface area contributed by atoms with E-state index in [0.29, 0.717) is 11.5 Å². The zero-order valence-corrected chi connectivity index (χ0v) is 11.7. The van der Waals surface area contributed by atoms with E-state index in [2.05, 4.69) is 20.5 Å². The number of nitro benzene ring substituents is 1. The SMILES string of the molecule is N#C/C(=N\Nc1cccc([N+](=O)[O-])c1)c1nc2ccccc2[nH]1. The molecule has 3 aromatic rings. The number of aromatic amines is 1. The molecule has 2 N–H and O–H groups in total. The molecule has 23 heavy (non-hydrogen) atoms. The van der Waals surface area contributed by atoms with E-state index in [4.69, 9.17) is 0 Å². The van der Waals surface area contributed by atoms with Gasteiger partial charge in [-0.3, -0.25) is 15.5 Å². The molecule has 0 radical (unpaired) electrons. The number of fused-ring (bicyclic) bond motifs is 1. The van der Waals surface area contributed by atoms with Crippen molar-refractivity contribution < 1.29 is 4.92 Å². The smallest absolute Gasteiger partial charge is 0.271 e. The predicted octanol–water partition coefficient (Wildman–Crippen LogP) is 2.81. The molecular formula is C15H10N6O2. The topological polar surface area (TPSA) is 120 Å². The monoisotopic (exact) mass is 306 g/mol. The van der Waals surface area contributed by atoms with Crippen LogP contribution in [0.2, 0.25) is 0 Å². The summed E-state index contributed by atoms with van der Waals surface area (Å²) in [6, 6.07) is 15.2. The van der Waals surface area contributed by atoms with Gasteiger partial charge in [-0.05, 0) is 18.2 Å². The maximum absolute atomic E-state index is 10.7. The lowest BCUT2D eigenvalue weighted by molar-refractivity contribution is -0.384. The van der Waals surface area contributed by atoms with Gasteiger partial charge < -0.3 is 4.98 Å². The molecule has 8 heteroatoms. The molecule has 0 unspecified atom stereocenters. The summed E-state index contributed by atoms with van der Waals surface area (Å²) in [5.41, 5.74) is 4.54. The van der Waals surface area contributed by atoms with E-state index >= 15 is 0 Å². The number of benzene rings is 2. The molecular weight excluding hydrogens is 296 g/mol. The Labute approximate surface area is 130 Å². The second-order valence-corrected chi connectivity index (χ2v) is 4.59. The van der Waals surface area contributed by atoms with Gasteiger partial charge in [-0.25, -0.2) is 4.98 Å². The molecule has 0 saturated carbocycles. The Morgan fingerprint density at radius 2 is 2.13 bits per heavy atom. The number of hydrazone groups is 1. The summed E-state index contributed by atoms with van der Waals surface area (Å²) in [4.78, 5) is 17.5.